The summed E-state index contributed by atoms with van der Waals surface area (Å²) in [6, 6.07) is 0. The van der Waals surface area contributed by atoms with E-state index in [0.29, 0.717) is 16.6 Å². The van der Waals surface area contributed by atoms with Crippen LogP contribution >= 0.6 is 0 Å². The van der Waals surface area contributed by atoms with Crippen molar-refractivity contribution < 1.29 is 40.5 Å². The second kappa shape index (κ2) is 4.57. The zero-order chi connectivity index (χ0) is 14.8. The molecular weight excluding hydrogens is 385 g/mol. The van der Waals surface area contributed by atoms with Crippen molar-refractivity contribution in [1.29, 1.82) is 0 Å². The number of hydrogen-bond donors (Lipinski definition) is 1. The van der Waals surface area contributed by atoms with Gasteiger partial charge in [0.05, 0.1) is 0 Å². The van der Waals surface area contributed by atoms with Crippen LogP contribution in [0.1, 0.15) is 39.5 Å². The number of esters is 2. The van der Waals surface area contributed by atoms with E-state index in [9.17, 15) is 9.59 Å². The number of fused-ring (bicyclic) bond motifs is 3. The van der Waals surface area contributed by atoms with E-state index in [2.05, 4.69) is 3.53 Å². The zero-order valence-electron chi connectivity index (χ0n) is 12.4. The predicted molar refractivity (Wildman–Crippen MR) is 69.4 cm³/mol. The molecule has 0 aromatic heterocycles. The Bertz CT molecular complexity index is 504. The first-order valence-electron chi connectivity index (χ1n) is 7.70. The normalized spacial score (nSPS) is 44.6. The van der Waals surface area contributed by atoms with Gasteiger partial charge < -0.3 is 0 Å². The van der Waals surface area contributed by atoms with Crippen LogP contribution in [-0.2, 0) is 19.1 Å². The van der Waals surface area contributed by atoms with Crippen LogP contribution in [0, 0.1) is 22.7 Å². The molecule has 21 heavy (non-hydrogen) atoms. The van der Waals surface area contributed by atoms with Crippen LogP contribution in [-0.4, -0.2) is 28.7 Å². The van der Waals surface area contributed by atoms with Crippen LogP contribution in [0.2, 0.25) is 0 Å². The molecule has 4 fully saturated rings. The maximum atomic E-state index is 12.5. The van der Waals surface area contributed by atoms with E-state index in [1.54, 1.807) is 0 Å². The molecule has 2 saturated carbocycles. The molecule has 2 heterocycles. The topological polar surface area (TPSA) is 74.5 Å². The predicted octanol–water partition coefficient (Wildman–Crippen LogP) is -1.78. The summed E-state index contributed by atoms with van der Waals surface area (Å²) >= 11 is -0.0229. The number of rotatable bonds is 3. The summed E-state index contributed by atoms with van der Waals surface area (Å²) in [4.78, 5) is 24.7. The Morgan fingerprint density at radius 1 is 1.48 bits per heavy atom. The number of halogens is 1. The summed E-state index contributed by atoms with van der Waals surface area (Å²) in [5.74, 6) is 0.549. The van der Waals surface area contributed by atoms with Gasteiger partial charge in [-0.25, -0.2) is 0 Å². The van der Waals surface area contributed by atoms with E-state index in [0.717, 1.165) is 25.7 Å². The first-order chi connectivity index (χ1) is 9.93. The molecule has 0 aromatic carbocycles. The number of nitrogens with one attached hydrogen (secondary N) is 1. The second-order valence-corrected chi connectivity index (χ2v) is 9.93. The second-order valence-electron chi connectivity index (χ2n) is 7.44. The van der Waals surface area contributed by atoms with Crippen LogP contribution in [0.4, 0.5) is 0 Å². The summed E-state index contributed by atoms with van der Waals surface area (Å²) in [5, 5.41) is 0. The number of carbonyl (C=O) groups is 2. The summed E-state index contributed by atoms with van der Waals surface area (Å²) in [6.45, 7) is 4.46. The third kappa shape index (κ3) is 2.04. The van der Waals surface area contributed by atoms with E-state index in [1.165, 1.54) is 0 Å². The molecule has 2 aliphatic heterocycles. The average molecular weight is 406 g/mol. The van der Waals surface area contributed by atoms with Gasteiger partial charge in [0, 0.05) is 0 Å². The van der Waals surface area contributed by atoms with Crippen molar-refractivity contribution in [2.45, 2.75) is 49.7 Å². The van der Waals surface area contributed by atoms with E-state index >= 15 is 0 Å². The molecule has 6 heteroatoms. The molecular formula is C15H21INO4-. The van der Waals surface area contributed by atoms with Gasteiger partial charge in [-0.1, -0.05) is 0 Å². The molecule has 2 saturated heterocycles. The summed E-state index contributed by atoms with van der Waals surface area (Å²) in [5.41, 5.74) is -0.777. The van der Waals surface area contributed by atoms with E-state index < -0.39 is 5.41 Å². The van der Waals surface area contributed by atoms with Gasteiger partial charge in [0.2, 0.25) is 0 Å². The Morgan fingerprint density at radius 3 is 2.81 bits per heavy atom. The third-order valence-electron chi connectivity index (χ3n) is 5.79. The summed E-state index contributed by atoms with van der Waals surface area (Å²) in [7, 11) is 0. The molecule has 0 aromatic rings. The van der Waals surface area contributed by atoms with Gasteiger partial charge in [0.1, 0.15) is 0 Å². The SMILES string of the molecule is CC(C)(C(=O)OC1CC2CC1C1(CCOC1=O)C2)C1N[I-]1. The fourth-order valence-corrected chi connectivity index (χ4v) is 6.43. The van der Waals surface area contributed by atoms with E-state index in [4.69, 9.17) is 9.47 Å². The van der Waals surface area contributed by atoms with Gasteiger partial charge in [-0.3, -0.25) is 0 Å². The number of ether oxygens (including phenoxy) is 2. The first kappa shape index (κ1) is 14.2. The minimum absolute atomic E-state index is 0.0229. The van der Waals surface area contributed by atoms with Gasteiger partial charge in [0.25, 0.3) is 0 Å². The summed E-state index contributed by atoms with van der Waals surface area (Å²) < 4.78 is 14.8. The van der Waals surface area contributed by atoms with Gasteiger partial charge >= 0.3 is 135 Å². The Hall–Kier alpha value is -0.370. The van der Waals surface area contributed by atoms with Crippen LogP contribution in [0.5, 0.6) is 0 Å². The molecule has 2 aliphatic carbocycles. The third-order valence-corrected chi connectivity index (χ3v) is 8.59. The van der Waals surface area contributed by atoms with Gasteiger partial charge in [-0.05, 0) is 0 Å². The molecule has 0 radical (unpaired) electrons. The number of carbonyl (C=O) groups excluding carboxylic acids is 2. The average Bonchev–Trinajstić information content (AvgIpc) is 3.04. The Labute approximate surface area is 135 Å². The molecule has 5 nitrogen and oxygen atoms in total. The number of alkyl halides is 1. The fraction of sp³-hybridized carbons (Fsp3) is 0.867. The molecule has 0 amide bonds. The van der Waals surface area contributed by atoms with Crippen molar-refractivity contribution in [2.75, 3.05) is 6.61 Å². The molecule has 118 valence electrons. The number of hydrogen-bond acceptors (Lipinski definition) is 5. The van der Waals surface area contributed by atoms with E-state index in [1.807, 2.05) is 13.8 Å². The van der Waals surface area contributed by atoms with Gasteiger partial charge in [-0.15, -0.1) is 0 Å². The fourth-order valence-electron chi connectivity index (χ4n) is 4.44. The molecule has 1 N–H and O–H groups in total. The van der Waals surface area contributed by atoms with Crippen molar-refractivity contribution in [3.05, 3.63) is 0 Å². The molecule has 4 rings (SSSR count). The standard InChI is InChI=1S/C15H21INO4/c1-14(2,11-16-17-11)12(18)21-10-6-8-5-9(10)15(7-8)3-4-20-13(15)19/h8-11,17H,3-7H2,1-2H3/q-1. The summed E-state index contributed by atoms with van der Waals surface area (Å²) in [6.07, 6.45) is 3.60. The quantitative estimate of drug-likeness (QED) is 0.150. The zero-order valence-corrected chi connectivity index (χ0v) is 14.5. The monoisotopic (exact) mass is 406 g/mol. The molecule has 4 aliphatic rings. The van der Waals surface area contributed by atoms with Crippen LogP contribution in [0.15, 0.2) is 0 Å². The molecule has 1 spiro atoms. The van der Waals surface area contributed by atoms with Crippen molar-refractivity contribution >= 4 is 11.9 Å². The number of cyclic esters (lactones) is 1. The van der Waals surface area contributed by atoms with Crippen molar-refractivity contribution in [3.63, 3.8) is 0 Å². The van der Waals surface area contributed by atoms with Crippen molar-refractivity contribution in [3.8, 4) is 0 Å². The van der Waals surface area contributed by atoms with Crippen molar-refractivity contribution in [2.24, 2.45) is 22.7 Å². The van der Waals surface area contributed by atoms with Crippen LogP contribution in [0.25, 0.3) is 0 Å². The molecule has 2 bridgehead atoms. The van der Waals surface area contributed by atoms with E-state index in [-0.39, 0.29) is 50.9 Å². The van der Waals surface area contributed by atoms with Gasteiger partial charge in [0.15, 0.2) is 0 Å². The Kier molecular flexibility index (Phi) is 3.10. The minimum atomic E-state index is -0.432. The Balaban J connectivity index is 1.50. The molecule has 5 unspecified atom stereocenters. The van der Waals surface area contributed by atoms with Crippen molar-refractivity contribution in [1.82, 2.24) is 3.53 Å². The maximum absolute atomic E-state index is 12.5. The van der Waals surface area contributed by atoms with Crippen LogP contribution < -0.4 is 25.0 Å². The molecule has 5 atom stereocenters. The Morgan fingerprint density at radius 2 is 2.24 bits per heavy atom. The van der Waals surface area contributed by atoms with Gasteiger partial charge in [-0.2, -0.15) is 0 Å². The first-order valence-corrected chi connectivity index (χ1v) is 10.0. The van der Waals surface area contributed by atoms with Crippen LogP contribution in [0.3, 0.4) is 0 Å².